The summed E-state index contributed by atoms with van der Waals surface area (Å²) in [6.45, 7) is 8.34. The molecule has 1 aromatic rings. The van der Waals surface area contributed by atoms with Crippen LogP contribution in [0.2, 0.25) is 0 Å². The van der Waals surface area contributed by atoms with Gasteiger partial charge in [0.2, 0.25) is 0 Å². The van der Waals surface area contributed by atoms with Crippen LogP contribution in [0.3, 0.4) is 0 Å². The van der Waals surface area contributed by atoms with Crippen molar-refractivity contribution >= 4 is 5.97 Å². The van der Waals surface area contributed by atoms with E-state index in [4.69, 9.17) is 9.84 Å². The van der Waals surface area contributed by atoms with Gasteiger partial charge in [-0.3, -0.25) is 0 Å². The van der Waals surface area contributed by atoms with Crippen molar-refractivity contribution in [2.45, 2.75) is 45.8 Å². The highest BCUT2D eigenvalue weighted by Crippen LogP contribution is 2.22. The van der Waals surface area contributed by atoms with Gasteiger partial charge in [-0.15, -0.1) is 0 Å². The molecule has 0 spiro atoms. The minimum absolute atomic E-state index is 0.133. The minimum Gasteiger partial charge on any atom is -0.479 e. The molecule has 17 heavy (non-hydrogen) atoms. The van der Waals surface area contributed by atoms with E-state index >= 15 is 0 Å². The number of ether oxygens (including phenoxy) is 1. The Balaban J connectivity index is 2.60. The van der Waals surface area contributed by atoms with Crippen LogP contribution in [0, 0.1) is 0 Å². The standard InChI is InChI=1S/C14H20O3/c1-10(13(15)16)17-9-11-5-7-12(8-6-11)14(2,3)4/h5-8,10H,9H2,1-4H3,(H,15,16)/t10-/m1/s1. The predicted molar refractivity (Wildman–Crippen MR) is 67.0 cm³/mol. The lowest BCUT2D eigenvalue weighted by atomic mass is 9.87. The molecule has 94 valence electrons. The molecule has 0 amide bonds. The van der Waals surface area contributed by atoms with Gasteiger partial charge in [0.25, 0.3) is 0 Å². The normalized spacial score (nSPS) is 13.4. The van der Waals surface area contributed by atoms with Crippen LogP contribution in [0.25, 0.3) is 0 Å². The highest BCUT2D eigenvalue weighted by molar-refractivity contribution is 5.71. The lowest BCUT2D eigenvalue weighted by molar-refractivity contribution is -0.149. The van der Waals surface area contributed by atoms with Gasteiger partial charge in [-0.1, -0.05) is 45.0 Å². The average Bonchev–Trinajstić information content (AvgIpc) is 2.25. The van der Waals surface area contributed by atoms with Crippen molar-refractivity contribution in [3.05, 3.63) is 35.4 Å². The van der Waals surface area contributed by atoms with Crippen LogP contribution in [0.4, 0.5) is 0 Å². The Morgan fingerprint density at radius 1 is 1.29 bits per heavy atom. The summed E-state index contributed by atoms with van der Waals surface area (Å²) in [4.78, 5) is 10.6. The second-order valence-electron chi connectivity index (χ2n) is 5.24. The van der Waals surface area contributed by atoms with Gasteiger partial charge >= 0.3 is 5.97 Å². The van der Waals surface area contributed by atoms with Gasteiger partial charge in [0.15, 0.2) is 6.10 Å². The molecule has 0 aromatic heterocycles. The number of carbonyl (C=O) groups is 1. The molecular weight excluding hydrogens is 216 g/mol. The van der Waals surface area contributed by atoms with E-state index in [1.165, 1.54) is 12.5 Å². The van der Waals surface area contributed by atoms with Crippen molar-refractivity contribution in [3.63, 3.8) is 0 Å². The van der Waals surface area contributed by atoms with E-state index in [0.29, 0.717) is 6.61 Å². The summed E-state index contributed by atoms with van der Waals surface area (Å²) in [5, 5.41) is 8.69. The van der Waals surface area contributed by atoms with E-state index < -0.39 is 12.1 Å². The molecule has 1 atom stereocenters. The number of rotatable bonds is 4. The number of hydrogen-bond donors (Lipinski definition) is 1. The van der Waals surface area contributed by atoms with E-state index in [2.05, 4.69) is 32.9 Å². The maximum Gasteiger partial charge on any atom is 0.332 e. The first-order chi connectivity index (χ1) is 7.80. The Labute approximate surface area is 102 Å². The third-order valence-electron chi connectivity index (χ3n) is 2.67. The van der Waals surface area contributed by atoms with E-state index in [-0.39, 0.29) is 5.41 Å². The Morgan fingerprint density at radius 3 is 2.24 bits per heavy atom. The van der Waals surface area contributed by atoms with E-state index in [1.807, 2.05) is 12.1 Å². The lowest BCUT2D eigenvalue weighted by Gasteiger charge is -2.19. The molecule has 1 rings (SSSR count). The minimum atomic E-state index is -0.934. The van der Waals surface area contributed by atoms with Crippen LogP contribution in [-0.2, 0) is 21.6 Å². The number of carboxylic acids is 1. The molecule has 0 aliphatic carbocycles. The summed E-state index contributed by atoms with van der Waals surface area (Å²) < 4.78 is 5.22. The van der Waals surface area contributed by atoms with Crippen molar-refractivity contribution in [1.82, 2.24) is 0 Å². The second-order valence-corrected chi connectivity index (χ2v) is 5.24. The van der Waals surface area contributed by atoms with Crippen molar-refractivity contribution in [2.24, 2.45) is 0 Å². The fraction of sp³-hybridized carbons (Fsp3) is 0.500. The molecule has 3 heteroatoms. The van der Waals surface area contributed by atoms with Gasteiger partial charge in [0.05, 0.1) is 6.61 Å². The molecule has 0 aliphatic heterocycles. The van der Waals surface area contributed by atoms with Crippen molar-refractivity contribution in [1.29, 1.82) is 0 Å². The summed E-state index contributed by atoms with van der Waals surface area (Å²) >= 11 is 0. The average molecular weight is 236 g/mol. The summed E-state index contributed by atoms with van der Waals surface area (Å²) in [5.41, 5.74) is 2.38. The van der Waals surface area contributed by atoms with E-state index in [1.54, 1.807) is 0 Å². The third-order valence-corrected chi connectivity index (χ3v) is 2.67. The van der Waals surface area contributed by atoms with Crippen LogP contribution in [0.15, 0.2) is 24.3 Å². The summed E-state index contributed by atoms with van der Waals surface area (Å²) in [5.74, 6) is -0.934. The largest absolute Gasteiger partial charge is 0.479 e. The Hall–Kier alpha value is -1.35. The molecule has 1 N–H and O–H groups in total. The predicted octanol–water partition coefficient (Wildman–Crippen LogP) is 2.97. The van der Waals surface area contributed by atoms with Gasteiger partial charge in [0, 0.05) is 0 Å². The van der Waals surface area contributed by atoms with Gasteiger partial charge in [0.1, 0.15) is 0 Å². The first-order valence-corrected chi connectivity index (χ1v) is 5.74. The number of benzene rings is 1. The van der Waals surface area contributed by atoms with Gasteiger partial charge in [-0.2, -0.15) is 0 Å². The van der Waals surface area contributed by atoms with E-state index in [0.717, 1.165) is 5.56 Å². The van der Waals surface area contributed by atoms with Crippen LogP contribution < -0.4 is 0 Å². The third kappa shape index (κ3) is 4.19. The van der Waals surface area contributed by atoms with Crippen molar-refractivity contribution < 1.29 is 14.6 Å². The smallest absolute Gasteiger partial charge is 0.332 e. The van der Waals surface area contributed by atoms with Gasteiger partial charge < -0.3 is 9.84 Å². The Kier molecular flexibility index (Phi) is 4.29. The molecule has 0 bridgehead atoms. The van der Waals surface area contributed by atoms with Crippen molar-refractivity contribution in [3.8, 4) is 0 Å². The van der Waals surface area contributed by atoms with Gasteiger partial charge in [-0.05, 0) is 23.5 Å². The summed E-state index contributed by atoms with van der Waals surface area (Å²) in [7, 11) is 0. The first kappa shape index (κ1) is 13.7. The zero-order chi connectivity index (χ0) is 13.1. The quantitative estimate of drug-likeness (QED) is 0.874. The molecule has 0 fully saturated rings. The highest BCUT2D eigenvalue weighted by Gasteiger charge is 2.14. The number of hydrogen-bond acceptors (Lipinski definition) is 2. The fourth-order valence-corrected chi connectivity index (χ4v) is 1.39. The first-order valence-electron chi connectivity index (χ1n) is 5.74. The maximum atomic E-state index is 10.6. The molecular formula is C14H20O3. The molecule has 0 radical (unpaired) electrons. The van der Waals surface area contributed by atoms with Crippen LogP contribution in [0.1, 0.15) is 38.8 Å². The van der Waals surface area contributed by atoms with Crippen LogP contribution in [-0.4, -0.2) is 17.2 Å². The van der Waals surface area contributed by atoms with Crippen LogP contribution >= 0.6 is 0 Å². The SMILES string of the molecule is C[C@@H](OCc1ccc(C(C)(C)C)cc1)C(=O)O. The molecule has 0 heterocycles. The molecule has 0 unspecified atom stereocenters. The Morgan fingerprint density at radius 2 is 1.82 bits per heavy atom. The second kappa shape index (κ2) is 5.32. The molecule has 1 aromatic carbocycles. The number of carboxylic acid groups (broad SMARTS) is 1. The van der Waals surface area contributed by atoms with Gasteiger partial charge in [-0.25, -0.2) is 4.79 Å². The summed E-state index contributed by atoms with van der Waals surface area (Å²) in [6, 6.07) is 8.08. The number of aliphatic carboxylic acids is 1. The fourth-order valence-electron chi connectivity index (χ4n) is 1.39. The highest BCUT2D eigenvalue weighted by atomic mass is 16.5. The molecule has 0 saturated heterocycles. The molecule has 0 saturated carbocycles. The summed E-state index contributed by atoms with van der Waals surface area (Å²) in [6.07, 6.45) is -0.766. The maximum absolute atomic E-state index is 10.6. The molecule has 3 nitrogen and oxygen atoms in total. The Bertz CT molecular complexity index is 373. The zero-order valence-electron chi connectivity index (χ0n) is 10.9. The zero-order valence-corrected chi connectivity index (χ0v) is 10.9. The monoisotopic (exact) mass is 236 g/mol. The van der Waals surface area contributed by atoms with E-state index in [9.17, 15) is 4.79 Å². The topological polar surface area (TPSA) is 46.5 Å². The lowest BCUT2D eigenvalue weighted by Crippen LogP contribution is -2.19. The van der Waals surface area contributed by atoms with Crippen molar-refractivity contribution in [2.75, 3.05) is 0 Å². The molecule has 0 aliphatic rings. The van der Waals surface area contributed by atoms with Crippen LogP contribution in [0.5, 0.6) is 0 Å².